The summed E-state index contributed by atoms with van der Waals surface area (Å²) in [4.78, 5) is 6.72. The van der Waals surface area contributed by atoms with Gasteiger partial charge in [-0.25, -0.2) is 0 Å². The van der Waals surface area contributed by atoms with Crippen molar-refractivity contribution in [2.45, 2.75) is 18.9 Å². The number of nitrogens with zero attached hydrogens (tertiary/aromatic N) is 2. The number of likely N-dealkylation sites (tertiary alicyclic amines) is 1. The Bertz CT molecular complexity index is 923. The third kappa shape index (κ3) is 3.08. The number of fused-ring (bicyclic) bond motifs is 1. The molecule has 1 aliphatic rings. The summed E-state index contributed by atoms with van der Waals surface area (Å²) in [6.45, 7) is 1.95. The highest BCUT2D eigenvalue weighted by molar-refractivity contribution is 6.35. The lowest BCUT2D eigenvalue weighted by Crippen LogP contribution is -2.27. The average molecular weight is 373 g/mol. The molecule has 0 bridgehead atoms. The fraction of sp³-hybridized carbons (Fsp3) is 0.250. The first-order valence-corrected chi connectivity index (χ1v) is 9.16. The van der Waals surface area contributed by atoms with Crippen molar-refractivity contribution in [1.82, 2.24) is 9.88 Å². The molecule has 0 radical (unpaired) electrons. The zero-order chi connectivity index (χ0) is 17.4. The maximum absolute atomic E-state index is 10.9. The normalized spacial score (nSPS) is 16.4. The van der Waals surface area contributed by atoms with Crippen LogP contribution >= 0.6 is 23.2 Å². The monoisotopic (exact) mass is 372 g/mol. The van der Waals surface area contributed by atoms with Crippen molar-refractivity contribution in [2.75, 3.05) is 13.1 Å². The first kappa shape index (κ1) is 16.6. The summed E-state index contributed by atoms with van der Waals surface area (Å²) in [6.07, 6.45) is 3.99. The third-order valence-electron chi connectivity index (χ3n) is 4.84. The smallest absolute Gasteiger partial charge is 0.146 e. The van der Waals surface area contributed by atoms with E-state index in [4.69, 9.17) is 23.2 Å². The van der Waals surface area contributed by atoms with E-state index in [1.54, 1.807) is 12.3 Å². The molecule has 25 heavy (non-hydrogen) atoms. The van der Waals surface area contributed by atoms with E-state index in [2.05, 4.69) is 9.88 Å². The molecule has 1 aromatic heterocycles. The molecule has 3 aromatic rings. The molecule has 2 heterocycles. The predicted octanol–water partition coefficient (Wildman–Crippen LogP) is 5.43. The lowest BCUT2D eigenvalue weighted by molar-refractivity contribution is 0.276. The van der Waals surface area contributed by atoms with Crippen LogP contribution in [0.3, 0.4) is 0 Å². The van der Waals surface area contributed by atoms with Crippen LogP contribution in [0.4, 0.5) is 0 Å². The standard InChI is InChI=1S/C20H18Cl2N2O/c21-14-6-8-15(17(22)12-14)19(24-10-1-2-11-24)16-7-5-13-4-3-9-23-18(13)20(16)25/h3-9,12,19,25H,1-2,10-11H2/t19-/m0/s1. The van der Waals surface area contributed by atoms with Crippen LogP contribution in [-0.4, -0.2) is 28.1 Å². The quantitative estimate of drug-likeness (QED) is 0.665. The third-order valence-corrected chi connectivity index (χ3v) is 5.40. The lowest BCUT2D eigenvalue weighted by Gasteiger charge is -2.30. The summed E-state index contributed by atoms with van der Waals surface area (Å²) in [5.41, 5.74) is 2.41. The number of hydrogen-bond donors (Lipinski definition) is 1. The van der Waals surface area contributed by atoms with E-state index in [1.165, 1.54) is 0 Å². The number of phenols is 1. The molecule has 0 amide bonds. The molecule has 0 unspecified atom stereocenters. The van der Waals surface area contributed by atoms with Gasteiger partial charge in [0.25, 0.3) is 0 Å². The SMILES string of the molecule is Oc1c([C@H](c2ccc(Cl)cc2Cl)N2CCCC2)ccc2cccnc12. The summed E-state index contributed by atoms with van der Waals surface area (Å²) in [5.74, 6) is 0.223. The Balaban J connectivity index is 1.90. The van der Waals surface area contributed by atoms with E-state index in [1.807, 2.05) is 36.4 Å². The maximum atomic E-state index is 10.9. The molecule has 2 aromatic carbocycles. The Kier molecular flexibility index (Phi) is 4.55. The van der Waals surface area contributed by atoms with E-state index in [0.717, 1.165) is 42.4 Å². The largest absolute Gasteiger partial charge is 0.505 e. The van der Waals surface area contributed by atoms with Crippen LogP contribution in [0.25, 0.3) is 10.9 Å². The van der Waals surface area contributed by atoms with Crippen molar-refractivity contribution in [3.8, 4) is 5.75 Å². The topological polar surface area (TPSA) is 36.4 Å². The average Bonchev–Trinajstić information content (AvgIpc) is 3.13. The highest BCUT2D eigenvalue weighted by Crippen LogP contribution is 2.41. The molecule has 5 heteroatoms. The van der Waals surface area contributed by atoms with E-state index in [0.29, 0.717) is 15.6 Å². The number of benzene rings is 2. The second-order valence-corrected chi connectivity index (χ2v) is 7.23. The lowest BCUT2D eigenvalue weighted by atomic mass is 9.95. The van der Waals surface area contributed by atoms with Crippen LogP contribution in [0.15, 0.2) is 48.7 Å². The number of phenolic OH excluding ortho intramolecular Hbond substituents is 1. The number of halogens is 2. The summed E-state index contributed by atoms with van der Waals surface area (Å²) in [6, 6.07) is 13.3. The molecular formula is C20H18Cl2N2O. The highest BCUT2D eigenvalue weighted by atomic mass is 35.5. The van der Waals surface area contributed by atoms with Gasteiger partial charge >= 0.3 is 0 Å². The Morgan fingerprint density at radius 1 is 1.00 bits per heavy atom. The molecule has 0 aliphatic carbocycles. The Morgan fingerprint density at radius 2 is 1.76 bits per heavy atom. The van der Waals surface area contributed by atoms with E-state index >= 15 is 0 Å². The van der Waals surface area contributed by atoms with Gasteiger partial charge in [0.2, 0.25) is 0 Å². The molecule has 1 saturated heterocycles. The van der Waals surface area contributed by atoms with E-state index in [-0.39, 0.29) is 11.8 Å². The number of hydrogen-bond acceptors (Lipinski definition) is 3. The summed E-state index contributed by atoms with van der Waals surface area (Å²) < 4.78 is 0. The van der Waals surface area contributed by atoms with Gasteiger partial charge in [0.1, 0.15) is 11.3 Å². The van der Waals surface area contributed by atoms with Crippen molar-refractivity contribution in [1.29, 1.82) is 0 Å². The van der Waals surface area contributed by atoms with Crippen LogP contribution in [-0.2, 0) is 0 Å². The minimum atomic E-state index is -0.112. The summed E-state index contributed by atoms with van der Waals surface area (Å²) in [5, 5.41) is 13.1. The van der Waals surface area contributed by atoms with Gasteiger partial charge in [-0.2, -0.15) is 0 Å². The molecule has 0 spiro atoms. The molecule has 128 valence electrons. The Hall–Kier alpha value is -1.81. The summed E-state index contributed by atoms with van der Waals surface area (Å²) >= 11 is 12.6. The van der Waals surface area contributed by atoms with Crippen LogP contribution < -0.4 is 0 Å². The van der Waals surface area contributed by atoms with E-state index < -0.39 is 0 Å². The fourth-order valence-corrected chi connectivity index (χ4v) is 4.16. The second kappa shape index (κ2) is 6.83. The van der Waals surface area contributed by atoms with Crippen molar-refractivity contribution in [3.05, 3.63) is 69.8 Å². The molecule has 1 aliphatic heterocycles. The van der Waals surface area contributed by atoms with Crippen molar-refractivity contribution in [3.63, 3.8) is 0 Å². The summed E-state index contributed by atoms with van der Waals surface area (Å²) in [7, 11) is 0. The first-order valence-electron chi connectivity index (χ1n) is 8.41. The zero-order valence-corrected chi connectivity index (χ0v) is 15.1. The predicted molar refractivity (Wildman–Crippen MR) is 103 cm³/mol. The zero-order valence-electron chi connectivity index (χ0n) is 13.6. The maximum Gasteiger partial charge on any atom is 0.146 e. The van der Waals surface area contributed by atoms with Crippen molar-refractivity contribution < 1.29 is 5.11 Å². The second-order valence-electron chi connectivity index (χ2n) is 6.39. The Labute approximate surface area is 156 Å². The van der Waals surface area contributed by atoms with Crippen LogP contribution in [0.5, 0.6) is 5.75 Å². The van der Waals surface area contributed by atoms with Gasteiger partial charge in [0, 0.05) is 27.2 Å². The van der Waals surface area contributed by atoms with E-state index in [9.17, 15) is 5.11 Å². The molecule has 1 N–H and O–H groups in total. The van der Waals surface area contributed by atoms with Gasteiger partial charge in [0.05, 0.1) is 6.04 Å². The fourth-order valence-electron chi connectivity index (χ4n) is 3.65. The van der Waals surface area contributed by atoms with Gasteiger partial charge in [-0.15, -0.1) is 0 Å². The van der Waals surface area contributed by atoms with Gasteiger partial charge in [-0.3, -0.25) is 9.88 Å². The number of rotatable bonds is 3. The molecule has 4 rings (SSSR count). The van der Waals surface area contributed by atoms with Crippen molar-refractivity contribution in [2.24, 2.45) is 0 Å². The molecule has 3 nitrogen and oxygen atoms in total. The number of aromatic hydroxyl groups is 1. The van der Waals surface area contributed by atoms with Crippen molar-refractivity contribution >= 4 is 34.1 Å². The highest BCUT2D eigenvalue weighted by Gasteiger charge is 2.29. The van der Waals surface area contributed by atoms with Gasteiger partial charge < -0.3 is 5.11 Å². The first-order chi connectivity index (χ1) is 12.1. The number of pyridine rings is 1. The molecule has 0 saturated carbocycles. The minimum Gasteiger partial charge on any atom is -0.505 e. The van der Waals surface area contributed by atoms with Crippen LogP contribution in [0, 0.1) is 0 Å². The molecular weight excluding hydrogens is 355 g/mol. The van der Waals surface area contributed by atoms with Crippen LogP contribution in [0.1, 0.15) is 30.0 Å². The van der Waals surface area contributed by atoms with Gasteiger partial charge in [-0.1, -0.05) is 47.5 Å². The molecule has 1 fully saturated rings. The minimum absolute atomic E-state index is 0.112. The van der Waals surface area contributed by atoms with Gasteiger partial charge in [0.15, 0.2) is 0 Å². The Morgan fingerprint density at radius 3 is 2.52 bits per heavy atom. The molecule has 1 atom stereocenters. The van der Waals surface area contributed by atoms with Crippen LogP contribution in [0.2, 0.25) is 10.0 Å². The van der Waals surface area contributed by atoms with Gasteiger partial charge in [-0.05, 0) is 49.7 Å². The number of aromatic nitrogens is 1.